The van der Waals surface area contributed by atoms with Crippen molar-refractivity contribution in [2.75, 3.05) is 0 Å². The zero-order valence-electron chi connectivity index (χ0n) is 14.6. The molecule has 5 heteroatoms. The maximum absolute atomic E-state index is 12.1. The topological polar surface area (TPSA) is 64.4 Å². The van der Waals surface area contributed by atoms with Crippen molar-refractivity contribution >= 4 is 5.91 Å². The van der Waals surface area contributed by atoms with Crippen molar-refractivity contribution < 1.29 is 13.9 Å². The smallest absolute Gasteiger partial charge is 0.251 e. The largest absolute Gasteiger partial charge is 0.487 e. The van der Waals surface area contributed by atoms with E-state index in [0.29, 0.717) is 24.1 Å². The number of para-hydroxylation sites is 1. The van der Waals surface area contributed by atoms with Gasteiger partial charge in [-0.15, -0.1) is 0 Å². The highest BCUT2D eigenvalue weighted by Crippen LogP contribution is 2.24. The van der Waals surface area contributed by atoms with Crippen LogP contribution in [0.3, 0.4) is 0 Å². The zero-order chi connectivity index (χ0) is 17.9. The molecule has 1 aliphatic carbocycles. The molecular formula is C21H20N2O3. The molecule has 5 nitrogen and oxygen atoms in total. The Balaban J connectivity index is 1.45. The van der Waals surface area contributed by atoms with Crippen LogP contribution in [0.1, 0.15) is 34.7 Å². The van der Waals surface area contributed by atoms with Crippen molar-refractivity contribution in [1.82, 2.24) is 10.3 Å². The van der Waals surface area contributed by atoms with E-state index in [0.717, 1.165) is 35.6 Å². The van der Waals surface area contributed by atoms with Gasteiger partial charge in [-0.25, -0.2) is 4.98 Å². The molecule has 0 unspecified atom stereocenters. The fourth-order valence-corrected chi connectivity index (χ4v) is 2.61. The number of aromatic nitrogens is 1. The summed E-state index contributed by atoms with van der Waals surface area (Å²) in [5, 5.41) is 2.98. The number of nitrogens with zero attached hydrogens (tertiary/aromatic N) is 1. The first-order chi connectivity index (χ1) is 12.7. The second kappa shape index (κ2) is 7.04. The van der Waals surface area contributed by atoms with Crippen molar-refractivity contribution in [2.45, 2.75) is 32.4 Å². The summed E-state index contributed by atoms with van der Waals surface area (Å²) in [7, 11) is 0. The van der Waals surface area contributed by atoms with Crippen LogP contribution in [0.2, 0.25) is 0 Å². The van der Waals surface area contributed by atoms with Crippen molar-refractivity contribution in [1.29, 1.82) is 0 Å². The maximum atomic E-state index is 12.1. The molecule has 1 N–H and O–H groups in total. The zero-order valence-corrected chi connectivity index (χ0v) is 14.6. The Hall–Kier alpha value is -3.08. The summed E-state index contributed by atoms with van der Waals surface area (Å²) in [6.45, 7) is 2.22. The standard InChI is InChI=1S/C21H20N2O3/c1-14-19(13-25-18-5-3-2-4-6-18)23-21(26-14)16-9-7-15(8-10-16)20(24)22-17-11-12-17/h2-10,17H,11-13H2,1H3,(H,22,24). The number of hydrogen-bond donors (Lipinski definition) is 1. The molecule has 0 atom stereocenters. The highest BCUT2D eigenvalue weighted by Gasteiger charge is 2.23. The molecule has 0 aliphatic heterocycles. The molecule has 1 aromatic heterocycles. The normalized spacial score (nSPS) is 13.4. The Bertz CT molecular complexity index is 897. The van der Waals surface area contributed by atoms with Crippen LogP contribution >= 0.6 is 0 Å². The van der Waals surface area contributed by atoms with E-state index in [9.17, 15) is 4.79 Å². The second-order valence-electron chi connectivity index (χ2n) is 6.45. The third kappa shape index (κ3) is 3.77. The van der Waals surface area contributed by atoms with Gasteiger partial charge in [0.05, 0.1) is 0 Å². The van der Waals surface area contributed by atoms with Gasteiger partial charge in [-0.3, -0.25) is 4.79 Å². The Morgan fingerprint density at radius 1 is 1.15 bits per heavy atom. The van der Waals surface area contributed by atoms with Gasteiger partial charge in [0.2, 0.25) is 5.89 Å². The lowest BCUT2D eigenvalue weighted by Crippen LogP contribution is -2.25. The lowest BCUT2D eigenvalue weighted by molar-refractivity contribution is 0.0951. The van der Waals surface area contributed by atoms with E-state index in [-0.39, 0.29) is 5.91 Å². The summed E-state index contributed by atoms with van der Waals surface area (Å²) >= 11 is 0. The number of aryl methyl sites for hydroxylation is 1. The van der Waals surface area contributed by atoms with Crippen LogP contribution < -0.4 is 10.1 Å². The van der Waals surface area contributed by atoms with E-state index in [2.05, 4.69) is 10.3 Å². The number of nitrogens with one attached hydrogen (secondary N) is 1. The summed E-state index contributed by atoms with van der Waals surface area (Å²) in [5.74, 6) is 2.02. The number of carbonyl (C=O) groups is 1. The van der Waals surface area contributed by atoms with Gasteiger partial charge in [0.1, 0.15) is 23.8 Å². The molecule has 0 radical (unpaired) electrons. The van der Waals surface area contributed by atoms with Crippen LogP contribution in [0.15, 0.2) is 59.0 Å². The lowest BCUT2D eigenvalue weighted by Gasteiger charge is -2.03. The summed E-state index contributed by atoms with van der Waals surface area (Å²) < 4.78 is 11.5. The first kappa shape index (κ1) is 16.4. The molecule has 2 aromatic carbocycles. The average Bonchev–Trinajstić information content (AvgIpc) is 3.41. The molecule has 1 amide bonds. The monoisotopic (exact) mass is 348 g/mol. The van der Waals surface area contributed by atoms with E-state index in [1.54, 1.807) is 12.1 Å². The molecule has 4 rings (SSSR count). The van der Waals surface area contributed by atoms with Gasteiger partial charge < -0.3 is 14.5 Å². The van der Waals surface area contributed by atoms with Gasteiger partial charge in [0, 0.05) is 17.2 Å². The highest BCUT2D eigenvalue weighted by molar-refractivity contribution is 5.94. The number of benzene rings is 2. The van der Waals surface area contributed by atoms with E-state index in [1.165, 1.54) is 0 Å². The van der Waals surface area contributed by atoms with Crippen molar-refractivity contribution in [3.8, 4) is 17.2 Å². The van der Waals surface area contributed by atoms with Gasteiger partial charge in [0.25, 0.3) is 5.91 Å². The van der Waals surface area contributed by atoms with E-state index in [4.69, 9.17) is 9.15 Å². The number of hydrogen-bond acceptors (Lipinski definition) is 4. The number of rotatable bonds is 6. The van der Waals surface area contributed by atoms with Crippen LogP contribution in [0.4, 0.5) is 0 Å². The second-order valence-corrected chi connectivity index (χ2v) is 6.45. The van der Waals surface area contributed by atoms with Gasteiger partial charge in [-0.1, -0.05) is 18.2 Å². The first-order valence-corrected chi connectivity index (χ1v) is 8.74. The van der Waals surface area contributed by atoms with E-state index < -0.39 is 0 Å². The Labute approximate surface area is 152 Å². The minimum Gasteiger partial charge on any atom is -0.487 e. The minimum atomic E-state index is -0.0282. The van der Waals surface area contributed by atoms with Crippen molar-refractivity contribution in [2.24, 2.45) is 0 Å². The average molecular weight is 348 g/mol. The summed E-state index contributed by atoms with van der Waals surface area (Å²) in [5.41, 5.74) is 2.25. The maximum Gasteiger partial charge on any atom is 0.251 e. The highest BCUT2D eigenvalue weighted by atomic mass is 16.5. The molecule has 1 aliphatic rings. The quantitative estimate of drug-likeness (QED) is 0.728. The van der Waals surface area contributed by atoms with Crippen LogP contribution in [0.5, 0.6) is 5.75 Å². The molecule has 0 saturated heterocycles. The minimum absolute atomic E-state index is 0.0282. The van der Waals surface area contributed by atoms with Crippen LogP contribution in [0.25, 0.3) is 11.5 Å². The molecule has 1 fully saturated rings. The van der Waals surface area contributed by atoms with Crippen LogP contribution in [-0.2, 0) is 6.61 Å². The molecule has 132 valence electrons. The van der Waals surface area contributed by atoms with Crippen molar-refractivity contribution in [3.05, 3.63) is 71.6 Å². The third-order valence-electron chi connectivity index (χ3n) is 4.32. The fraction of sp³-hybridized carbons (Fsp3) is 0.238. The Kier molecular flexibility index (Phi) is 4.44. The molecule has 1 heterocycles. The van der Waals surface area contributed by atoms with Gasteiger partial charge in [0.15, 0.2) is 0 Å². The third-order valence-corrected chi connectivity index (χ3v) is 4.32. The molecule has 3 aromatic rings. The molecule has 0 spiro atoms. The van der Waals surface area contributed by atoms with Gasteiger partial charge >= 0.3 is 0 Å². The van der Waals surface area contributed by atoms with E-state index >= 15 is 0 Å². The molecule has 26 heavy (non-hydrogen) atoms. The van der Waals surface area contributed by atoms with Crippen LogP contribution in [0, 0.1) is 6.92 Å². The Morgan fingerprint density at radius 2 is 1.88 bits per heavy atom. The molecule has 0 bridgehead atoms. The predicted molar refractivity (Wildman–Crippen MR) is 97.9 cm³/mol. The predicted octanol–water partition coefficient (Wildman–Crippen LogP) is 4.12. The summed E-state index contributed by atoms with van der Waals surface area (Å²) in [6, 6.07) is 17.3. The summed E-state index contributed by atoms with van der Waals surface area (Å²) in [6.07, 6.45) is 2.15. The van der Waals surface area contributed by atoms with Gasteiger partial charge in [-0.05, 0) is 56.2 Å². The number of amides is 1. The number of oxazole rings is 1. The number of carbonyl (C=O) groups excluding carboxylic acids is 1. The SMILES string of the molecule is Cc1oc(-c2ccc(C(=O)NC3CC3)cc2)nc1COc1ccccc1. The van der Waals surface area contributed by atoms with Gasteiger partial charge in [-0.2, -0.15) is 0 Å². The van der Waals surface area contributed by atoms with Crippen molar-refractivity contribution in [3.63, 3.8) is 0 Å². The molecular weight excluding hydrogens is 328 g/mol. The summed E-state index contributed by atoms with van der Waals surface area (Å²) in [4.78, 5) is 16.6. The first-order valence-electron chi connectivity index (χ1n) is 8.74. The molecule has 1 saturated carbocycles. The number of ether oxygens (including phenoxy) is 1. The Morgan fingerprint density at radius 3 is 2.58 bits per heavy atom. The lowest BCUT2D eigenvalue weighted by atomic mass is 10.1. The fourth-order valence-electron chi connectivity index (χ4n) is 2.61. The van der Waals surface area contributed by atoms with Crippen LogP contribution in [-0.4, -0.2) is 16.9 Å². The van der Waals surface area contributed by atoms with E-state index in [1.807, 2.05) is 49.4 Å².